The molecule has 0 bridgehead atoms. The van der Waals surface area contributed by atoms with Crippen LogP contribution in [0.25, 0.3) is 0 Å². The highest BCUT2D eigenvalue weighted by molar-refractivity contribution is 9.10. The van der Waals surface area contributed by atoms with Crippen LogP contribution >= 0.6 is 38.9 Å². The Hall–Kier alpha value is -0.350. The quantitative estimate of drug-likeness (QED) is 0.838. The summed E-state index contributed by atoms with van der Waals surface area (Å²) in [5.41, 5.74) is 8.42. The van der Waals surface area contributed by atoms with Crippen molar-refractivity contribution in [1.29, 1.82) is 0 Å². The minimum Gasteiger partial charge on any atom is -0.320 e. The average molecular weight is 331 g/mol. The second-order valence-corrected chi connectivity index (χ2v) is 6.80. The van der Waals surface area contributed by atoms with E-state index in [0.717, 1.165) is 15.6 Å². The van der Waals surface area contributed by atoms with Gasteiger partial charge in [0.25, 0.3) is 0 Å². The molecule has 1 aromatic heterocycles. The van der Waals surface area contributed by atoms with Crippen LogP contribution in [-0.2, 0) is 0 Å². The molecule has 2 N–H and O–H groups in total. The van der Waals surface area contributed by atoms with Crippen LogP contribution in [-0.4, -0.2) is 0 Å². The molecule has 2 aromatic rings. The second-order valence-electron chi connectivity index (χ2n) is 4.01. The Balaban J connectivity index is 2.43. The molecular weight excluding hydrogens is 318 g/mol. The minimum absolute atomic E-state index is 0.152. The first-order valence-corrected chi connectivity index (χ1v) is 7.25. The molecule has 0 aliphatic rings. The van der Waals surface area contributed by atoms with Gasteiger partial charge in [0.15, 0.2) is 0 Å². The van der Waals surface area contributed by atoms with Gasteiger partial charge >= 0.3 is 0 Å². The molecule has 90 valence electrons. The van der Waals surface area contributed by atoms with Crippen molar-refractivity contribution in [2.75, 3.05) is 0 Å². The molecule has 0 spiro atoms. The monoisotopic (exact) mass is 329 g/mol. The number of hydrogen-bond donors (Lipinski definition) is 1. The van der Waals surface area contributed by atoms with Crippen molar-refractivity contribution in [3.05, 3.63) is 54.6 Å². The highest BCUT2D eigenvalue weighted by Crippen LogP contribution is 2.33. The lowest BCUT2D eigenvalue weighted by molar-refractivity contribution is 0.868. The topological polar surface area (TPSA) is 26.0 Å². The van der Waals surface area contributed by atoms with E-state index in [9.17, 15) is 0 Å². The van der Waals surface area contributed by atoms with Crippen LogP contribution in [0.4, 0.5) is 0 Å². The Morgan fingerprint density at radius 2 is 1.94 bits per heavy atom. The Bertz CT molecular complexity index is 550. The van der Waals surface area contributed by atoms with E-state index in [4.69, 9.17) is 17.3 Å². The van der Waals surface area contributed by atoms with Crippen LogP contribution in [0.5, 0.6) is 0 Å². The molecule has 1 unspecified atom stereocenters. The molecule has 2 rings (SSSR count). The van der Waals surface area contributed by atoms with E-state index in [1.165, 1.54) is 9.75 Å². The molecule has 0 fully saturated rings. The van der Waals surface area contributed by atoms with Crippen LogP contribution in [0.2, 0.25) is 5.02 Å². The Morgan fingerprint density at radius 3 is 2.47 bits per heavy atom. The van der Waals surface area contributed by atoms with E-state index < -0.39 is 0 Å². The summed E-state index contributed by atoms with van der Waals surface area (Å²) < 4.78 is 0.969. The fourth-order valence-electron chi connectivity index (χ4n) is 1.88. The second kappa shape index (κ2) is 5.11. The number of rotatable bonds is 2. The molecule has 17 heavy (non-hydrogen) atoms. The molecule has 1 heterocycles. The smallest absolute Gasteiger partial charge is 0.0577 e. The fraction of sp³-hybridized carbons (Fsp3) is 0.231. The average Bonchev–Trinajstić information content (AvgIpc) is 2.57. The summed E-state index contributed by atoms with van der Waals surface area (Å²) in [6.45, 7) is 4.19. The summed E-state index contributed by atoms with van der Waals surface area (Å²) in [6.07, 6.45) is 0. The van der Waals surface area contributed by atoms with Gasteiger partial charge in [0.2, 0.25) is 0 Å². The van der Waals surface area contributed by atoms with E-state index in [-0.39, 0.29) is 6.04 Å². The van der Waals surface area contributed by atoms with E-state index >= 15 is 0 Å². The van der Waals surface area contributed by atoms with Crippen molar-refractivity contribution in [2.45, 2.75) is 19.9 Å². The maximum absolute atomic E-state index is 6.29. The van der Waals surface area contributed by atoms with E-state index in [1.807, 2.05) is 18.2 Å². The van der Waals surface area contributed by atoms with Crippen molar-refractivity contribution in [3.63, 3.8) is 0 Å². The third-order valence-electron chi connectivity index (χ3n) is 2.71. The largest absolute Gasteiger partial charge is 0.320 e. The number of benzene rings is 1. The third kappa shape index (κ3) is 2.74. The molecule has 1 atom stereocenters. The van der Waals surface area contributed by atoms with Gasteiger partial charge in [-0.15, -0.1) is 11.3 Å². The lowest BCUT2D eigenvalue weighted by Gasteiger charge is -2.14. The van der Waals surface area contributed by atoms with Gasteiger partial charge in [0.1, 0.15) is 0 Å². The lowest BCUT2D eigenvalue weighted by Crippen LogP contribution is -2.12. The van der Waals surface area contributed by atoms with Crippen molar-refractivity contribution in [1.82, 2.24) is 0 Å². The summed E-state index contributed by atoms with van der Waals surface area (Å²) in [5.74, 6) is 0. The summed E-state index contributed by atoms with van der Waals surface area (Å²) in [4.78, 5) is 2.54. The molecule has 0 saturated heterocycles. The van der Waals surface area contributed by atoms with Crippen LogP contribution in [0.3, 0.4) is 0 Å². The third-order valence-corrected chi connectivity index (χ3v) is 4.51. The molecule has 0 saturated carbocycles. The summed E-state index contributed by atoms with van der Waals surface area (Å²) in [5, 5.41) is 0.704. The maximum atomic E-state index is 6.29. The van der Waals surface area contributed by atoms with Gasteiger partial charge in [-0.1, -0.05) is 33.6 Å². The highest BCUT2D eigenvalue weighted by Gasteiger charge is 2.16. The number of nitrogens with two attached hydrogens (primary N) is 1. The fourth-order valence-corrected chi connectivity index (χ4v) is 3.64. The van der Waals surface area contributed by atoms with E-state index in [2.05, 4.69) is 35.8 Å². The zero-order valence-corrected chi connectivity index (χ0v) is 12.8. The molecular formula is C13H13BrClNS. The van der Waals surface area contributed by atoms with Gasteiger partial charge in [0, 0.05) is 19.2 Å². The van der Waals surface area contributed by atoms with E-state index in [0.29, 0.717) is 5.02 Å². The van der Waals surface area contributed by atoms with Gasteiger partial charge in [0.05, 0.1) is 6.04 Å². The minimum atomic E-state index is -0.152. The summed E-state index contributed by atoms with van der Waals surface area (Å²) >= 11 is 11.4. The van der Waals surface area contributed by atoms with Crippen LogP contribution < -0.4 is 5.73 Å². The number of hydrogen-bond acceptors (Lipinski definition) is 2. The first-order chi connectivity index (χ1) is 7.99. The number of halogens is 2. The molecule has 0 aliphatic heterocycles. The molecule has 1 nitrogen and oxygen atoms in total. The Morgan fingerprint density at radius 1 is 1.24 bits per heavy atom. The van der Waals surface area contributed by atoms with Gasteiger partial charge in [-0.25, -0.2) is 0 Å². The molecule has 0 aliphatic carbocycles. The first kappa shape index (κ1) is 13.1. The van der Waals surface area contributed by atoms with Crippen LogP contribution in [0.1, 0.15) is 26.9 Å². The lowest BCUT2D eigenvalue weighted by atomic mass is 10.00. The zero-order chi connectivity index (χ0) is 12.6. The highest BCUT2D eigenvalue weighted by atomic mass is 79.9. The molecule has 0 radical (unpaired) electrons. The molecule has 0 amide bonds. The number of thiophene rings is 1. The Labute approximate surface area is 119 Å². The van der Waals surface area contributed by atoms with Gasteiger partial charge in [-0.05, 0) is 43.2 Å². The van der Waals surface area contributed by atoms with Crippen LogP contribution in [0, 0.1) is 13.8 Å². The zero-order valence-electron chi connectivity index (χ0n) is 9.63. The van der Waals surface area contributed by atoms with Crippen LogP contribution in [0.15, 0.2) is 28.7 Å². The normalized spacial score (nSPS) is 12.8. The molecule has 4 heteroatoms. The summed E-state index contributed by atoms with van der Waals surface area (Å²) in [6, 6.07) is 7.81. The SMILES string of the molecule is Cc1cc(C(N)c2ccc(Br)cc2Cl)c(C)s1. The van der Waals surface area contributed by atoms with E-state index in [1.54, 1.807) is 11.3 Å². The Kier molecular flexibility index (Phi) is 3.93. The molecule has 1 aromatic carbocycles. The van der Waals surface area contributed by atoms with Crippen molar-refractivity contribution < 1.29 is 0 Å². The summed E-state index contributed by atoms with van der Waals surface area (Å²) in [7, 11) is 0. The predicted molar refractivity (Wildman–Crippen MR) is 79.0 cm³/mol. The van der Waals surface area contributed by atoms with Gasteiger partial charge in [-0.3, -0.25) is 0 Å². The van der Waals surface area contributed by atoms with Gasteiger partial charge < -0.3 is 5.73 Å². The number of aryl methyl sites for hydroxylation is 2. The predicted octanol–water partition coefficient (Wildman–Crippen LogP) is 4.83. The van der Waals surface area contributed by atoms with Crippen molar-refractivity contribution in [2.24, 2.45) is 5.73 Å². The standard InChI is InChI=1S/C13H13BrClNS/c1-7-5-11(8(2)17-7)13(16)10-4-3-9(14)6-12(10)15/h3-6,13H,16H2,1-2H3. The van der Waals surface area contributed by atoms with Crippen molar-refractivity contribution in [3.8, 4) is 0 Å². The first-order valence-electron chi connectivity index (χ1n) is 5.26. The van der Waals surface area contributed by atoms with Crippen molar-refractivity contribution >= 4 is 38.9 Å². The maximum Gasteiger partial charge on any atom is 0.0577 e. The van der Waals surface area contributed by atoms with Gasteiger partial charge in [-0.2, -0.15) is 0 Å².